The number of ether oxygens (including phenoxy) is 9. The van der Waals surface area contributed by atoms with E-state index in [1.54, 1.807) is 7.11 Å². The first-order valence-electron chi connectivity index (χ1n) is 14.9. The maximum Gasteiger partial charge on any atom is 0.303 e. The topological polar surface area (TPSA) is 117 Å². The fourth-order valence-electron chi connectivity index (χ4n) is 4.61. The molecule has 1 heterocycles. The zero-order chi connectivity index (χ0) is 30.6. The predicted octanol–water partition coefficient (Wildman–Crippen LogP) is 3.74. The highest BCUT2D eigenvalue weighted by Gasteiger charge is 2.47. The quantitative estimate of drug-likeness (QED) is 0.144. The van der Waals surface area contributed by atoms with Crippen LogP contribution in [0.5, 0.6) is 5.75 Å². The van der Waals surface area contributed by atoms with Crippen molar-refractivity contribution < 1.29 is 52.2 Å². The molecule has 0 N–H and O–H groups in total. The lowest BCUT2D eigenvalue weighted by Crippen LogP contribution is -2.57. The lowest BCUT2D eigenvalue weighted by atomic mass is 9.89. The minimum Gasteiger partial charge on any atom is -0.491 e. The van der Waals surface area contributed by atoms with Crippen molar-refractivity contribution in [1.29, 1.82) is 0 Å². The average Bonchev–Trinajstić information content (AvgIpc) is 2.96. The van der Waals surface area contributed by atoms with Gasteiger partial charge in [-0.1, -0.05) is 26.0 Å². The van der Waals surface area contributed by atoms with Crippen molar-refractivity contribution >= 4 is 11.9 Å². The molecular formula is C31H50O11. The molecule has 1 aromatic rings. The number of methoxy groups -OCH3 is 1. The van der Waals surface area contributed by atoms with Crippen molar-refractivity contribution in [3.8, 4) is 5.75 Å². The number of benzene rings is 1. The Morgan fingerprint density at radius 2 is 1.33 bits per heavy atom. The van der Waals surface area contributed by atoms with Gasteiger partial charge in [0.05, 0.1) is 52.4 Å². The van der Waals surface area contributed by atoms with Crippen LogP contribution in [-0.4, -0.2) is 103 Å². The van der Waals surface area contributed by atoms with Crippen LogP contribution in [-0.2, 0) is 53.9 Å². The van der Waals surface area contributed by atoms with E-state index in [2.05, 4.69) is 12.1 Å². The van der Waals surface area contributed by atoms with Crippen LogP contribution in [0.1, 0.15) is 52.5 Å². The lowest BCUT2D eigenvalue weighted by Gasteiger charge is -2.43. The summed E-state index contributed by atoms with van der Waals surface area (Å²) in [5.74, 6) is -0.243. The molecule has 2 rings (SSSR count). The van der Waals surface area contributed by atoms with Crippen molar-refractivity contribution in [2.24, 2.45) is 5.92 Å². The third-order valence-corrected chi connectivity index (χ3v) is 6.75. The number of carbonyl (C=O) groups is 2. The van der Waals surface area contributed by atoms with Crippen LogP contribution in [0.25, 0.3) is 0 Å². The van der Waals surface area contributed by atoms with E-state index in [0.717, 1.165) is 31.4 Å². The van der Waals surface area contributed by atoms with E-state index in [1.165, 1.54) is 19.4 Å². The Balaban J connectivity index is 1.62. The molecule has 0 spiro atoms. The monoisotopic (exact) mass is 598 g/mol. The summed E-state index contributed by atoms with van der Waals surface area (Å²) in [5.41, 5.74) is 1.20. The molecular weight excluding hydrogens is 548 g/mol. The van der Waals surface area contributed by atoms with Crippen LogP contribution in [0.15, 0.2) is 24.3 Å². The molecule has 11 nitrogen and oxygen atoms in total. The third-order valence-electron chi connectivity index (χ3n) is 6.75. The van der Waals surface area contributed by atoms with E-state index in [-0.39, 0.29) is 12.0 Å². The van der Waals surface area contributed by atoms with Gasteiger partial charge in [-0.2, -0.15) is 0 Å². The second-order valence-electron chi connectivity index (χ2n) is 10.1. The molecule has 0 aromatic heterocycles. The van der Waals surface area contributed by atoms with Crippen LogP contribution in [0, 0.1) is 5.92 Å². The van der Waals surface area contributed by atoms with Gasteiger partial charge < -0.3 is 42.6 Å². The Kier molecular flexibility index (Phi) is 18.3. The normalized spacial score (nSPS) is 22.1. The molecule has 0 bridgehead atoms. The van der Waals surface area contributed by atoms with Crippen molar-refractivity contribution in [2.45, 2.75) is 78.0 Å². The lowest BCUT2D eigenvalue weighted by molar-refractivity contribution is -0.290. The van der Waals surface area contributed by atoms with Crippen molar-refractivity contribution in [3.63, 3.8) is 0 Å². The number of esters is 2. The summed E-state index contributed by atoms with van der Waals surface area (Å²) >= 11 is 0. The fraction of sp³-hybridized carbons (Fsp3) is 0.742. The van der Waals surface area contributed by atoms with E-state index >= 15 is 0 Å². The Labute approximate surface area is 250 Å². The van der Waals surface area contributed by atoms with Crippen LogP contribution in [0.2, 0.25) is 0 Å². The molecule has 11 heteroatoms. The van der Waals surface area contributed by atoms with E-state index in [9.17, 15) is 9.59 Å². The number of unbranched alkanes of at least 4 members (excludes halogenated alkanes) is 1. The largest absolute Gasteiger partial charge is 0.491 e. The fourth-order valence-corrected chi connectivity index (χ4v) is 4.61. The molecule has 0 amide bonds. The summed E-state index contributed by atoms with van der Waals surface area (Å²) < 4.78 is 50.1. The van der Waals surface area contributed by atoms with Gasteiger partial charge in [-0.15, -0.1) is 0 Å². The molecule has 5 unspecified atom stereocenters. The highest BCUT2D eigenvalue weighted by Crippen LogP contribution is 2.32. The predicted molar refractivity (Wildman–Crippen MR) is 154 cm³/mol. The first-order valence-corrected chi connectivity index (χ1v) is 14.9. The van der Waals surface area contributed by atoms with Gasteiger partial charge in [0.15, 0.2) is 12.4 Å². The van der Waals surface area contributed by atoms with E-state index in [4.69, 9.17) is 42.6 Å². The van der Waals surface area contributed by atoms with Gasteiger partial charge in [-0.3, -0.25) is 9.59 Å². The molecule has 1 aromatic carbocycles. The Bertz CT molecular complexity index is 863. The van der Waals surface area contributed by atoms with Crippen molar-refractivity contribution in [3.05, 3.63) is 29.8 Å². The summed E-state index contributed by atoms with van der Waals surface area (Å²) in [7, 11) is 1.64. The number of carbonyl (C=O) groups excluding carboxylic acids is 2. The summed E-state index contributed by atoms with van der Waals surface area (Å²) in [6.45, 7) is 11.2. The molecule has 0 aliphatic carbocycles. The van der Waals surface area contributed by atoms with Crippen molar-refractivity contribution in [1.82, 2.24) is 0 Å². The van der Waals surface area contributed by atoms with Gasteiger partial charge in [0.2, 0.25) is 0 Å². The Morgan fingerprint density at radius 1 is 0.762 bits per heavy atom. The molecule has 42 heavy (non-hydrogen) atoms. The van der Waals surface area contributed by atoms with Crippen LogP contribution >= 0.6 is 0 Å². The van der Waals surface area contributed by atoms with E-state index in [1.807, 2.05) is 26.0 Å². The van der Waals surface area contributed by atoms with Gasteiger partial charge in [0.25, 0.3) is 0 Å². The molecule has 240 valence electrons. The average molecular weight is 599 g/mol. The SMILES string of the molecule is CCC1OC(OCCCCc2ccc(OCCOCCOCCOCCOC)cc2)C(OC(C)=O)C(OC(C)=O)C1C. The van der Waals surface area contributed by atoms with Crippen LogP contribution in [0.4, 0.5) is 0 Å². The zero-order valence-electron chi connectivity index (χ0n) is 25.9. The van der Waals surface area contributed by atoms with Gasteiger partial charge in [-0.05, 0) is 43.4 Å². The molecule has 1 fully saturated rings. The second-order valence-corrected chi connectivity index (χ2v) is 10.1. The van der Waals surface area contributed by atoms with Crippen molar-refractivity contribution in [2.75, 3.05) is 66.6 Å². The Morgan fingerprint density at radius 3 is 1.90 bits per heavy atom. The van der Waals surface area contributed by atoms with E-state index < -0.39 is 30.4 Å². The summed E-state index contributed by atoms with van der Waals surface area (Å²) in [6.07, 6.45) is 0.893. The van der Waals surface area contributed by atoms with Crippen LogP contribution < -0.4 is 4.74 Å². The number of hydrogen-bond acceptors (Lipinski definition) is 11. The standard InChI is InChI=1S/C31H50O11/c1-6-28-23(2)29(40-24(3)32)30(41-25(4)33)31(42-28)39-14-8-7-9-26-10-12-27(13-11-26)38-22-21-37-20-19-36-18-17-35-16-15-34-5/h10-13,23,28-31H,6-9,14-22H2,1-5H3. The maximum absolute atomic E-state index is 11.8. The van der Waals surface area contributed by atoms with Gasteiger partial charge >= 0.3 is 11.9 Å². The summed E-state index contributed by atoms with van der Waals surface area (Å²) in [5, 5.41) is 0. The summed E-state index contributed by atoms with van der Waals surface area (Å²) in [6, 6.07) is 8.02. The molecule has 1 aliphatic rings. The first kappa shape index (κ1) is 35.9. The van der Waals surface area contributed by atoms with E-state index in [0.29, 0.717) is 59.5 Å². The first-order chi connectivity index (χ1) is 20.3. The maximum atomic E-state index is 11.8. The zero-order valence-corrected chi connectivity index (χ0v) is 25.9. The number of aryl methyl sites for hydroxylation is 1. The summed E-state index contributed by atoms with van der Waals surface area (Å²) in [4.78, 5) is 23.5. The second kappa shape index (κ2) is 21.4. The molecule has 5 atom stereocenters. The third kappa shape index (κ3) is 14.3. The van der Waals surface area contributed by atoms with Crippen LogP contribution in [0.3, 0.4) is 0 Å². The molecule has 0 radical (unpaired) electrons. The smallest absolute Gasteiger partial charge is 0.303 e. The minimum atomic E-state index is -0.813. The minimum absolute atomic E-state index is 0.135. The molecule has 1 saturated heterocycles. The Hall–Kier alpha value is -2.28. The van der Waals surface area contributed by atoms with Gasteiger partial charge in [0.1, 0.15) is 18.5 Å². The molecule has 1 aliphatic heterocycles. The highest BCUT2D eigenvalue weighted by molar-refractivity contribution is 5.67. The van der Waals surface area contributed by atoms with Gasteiger partial charge in [0, 0.05) is 33.5 Å². The van der Waals surface area contributed by atoms with Gasteiger partial charge in [-0.25, -0.2) is 0 Å². The number of hydrogen-bond donors (Lipinski definition) is 0. The molecule has 0 saturated carbocycles. The number of rotatable bonds is 22. The highest BCUT2D eigenvalue weighted by atomic mass is 16.7.